The number of aromatic nitrogens is 2. The maximum atomic E-state index is 6.61. The highest BCUT2D eigenvalue weighted by molar-refractivity contribution is 6.22. The molecule has 0 radical (unpaired) electrons. The third-order valence-electron chi connectivity index (χ3n) is 8.91. The summed E-state index contributed by atoms with van der Waals surface area (Å²) in [4.78, 5) is 9.98. The Morgan fingerprint density at radius 1 is 0.362 bits per heavy atom. The molecule has 0 saturated carbocycles. The van der Waals surface area contributed by atoms with Crippen LogP contribution in [0, 0.1) is 0 Å². The molecule has 0 N–H and O–H groups in total. The summed E-state index contributed by atoms with van der Waals surface area (Å²) in [7, 11) is 0. The lowest BCUT2D eigenvalue weighted by Gasteiger charge is -2.11. The van der Waals surface area contributed by atoms with E-state index in [1.807, 2.05) is 36.4 Å². The Hall–Kier alpha value is -6.32. The molecule has 3 heteroatoms. The molecule has 0 aliphatic heterocycles. The van der Waals surface area contributed by atoms with Gasteiger partial charge in [-0.3, -0.25) is 0 Å². The molecule has 0 aliphatic carbocycles. The van der Waals surface area contributed by atoms with Crippen LogP contribution in [0.3, 0.4) is 0 Å². The van der Waals surface area contributed by atoms with Crippen LogP contribution < -0.4 is 0 Å². The summed E-state index contributed by atoms with van der Waals surface area (Å²) < 4.78 is 6.61. The van der Waals surface area contributed by atoms with E-state index in [4.69, 9.17) is 14.4 Å². The minimum Gasteiger partial charge on any atom is -0.455 e. The molecule has 9 rings (SSSR count). The van der Waals surface area contributed by atoms with Crippen molar-refractivity contribution in [1.82, 2.24) is 9.97 Å². The maximum Gasteiger partial charge on any atom is 0.160 e. The first-order chi connectivity index (χ1) is 23.3. The van der Waals surface area contributed by atoms with Crippen LogP contribution in [0.4, 0.5) is 0 Å². The van der Waals surface area contributed by atoms with Crippen LogP contribution in [-0.2, 0) is 0 Å². The van der Waals surface area contributed by atoms with E-state index < -0.39 is 0 Å². The van der Waals surface area contributed by atoms with E-state index in [1.54, 1.807) is 0 Å². The fraction of sp³-hybridized carbons (Fsp3) is 0. The molecule has 0 saturated heterocycles. The van der Waals surface area contributed by atoms with Crippen LogP contribution in [0.2, 0.25) is 0 Å². The van der Waals surface area contributed by atoms with Crippen LogP contribution in [0.25, 0.3) is 88.9 Å². The molecule has 7 aromatic carbocycles. The lowest BCUT2D eigenvalue weighted by atomic mass is 9.93. The Labute approximate surface area is 272 Å². The highest BCUT2D eigenvalue weighted by Crippen LogP contribution is 2.43. The van der Waals surface area contributed by atoms with Crippen molar-refractivity contribution < 1.29 is 4.42 Å². The van der Waals surface area contributed by atoms with Crippen molar-refractivity contribution in [2.45, 2.75) is 0 Å². The normalized spacial score (nSPS) is 11.4. The van der Waals surface area contributed by atoms with Gasteiger partial charge in [0.2, 0.25) is 0 Å². The standard InChI is InChI=1S/C44H28N2O/c1-4-13-29(14-5-1)37-27-38-42-34(21-12-22-41(42)47-43(38)36-20-11-10-19-35(36)37)30-23-25-32(26-24-30)40-28-39(31-15-6-2-7-16-31)45-44(46-40)33-17-8-3-9-18-33/h1-28H. The van der Waals surface area contributed by atoms with Crippen LogP contribution in [0.15, 0.2) is 174 Å². The van der Waals surface area contributed by atoms with Crippen molar-refractivity contribution in [3.8, 4) is 56.2 Å². The summed E-state index contributed by atoms with van der Waals surface area (Å²) >= 11 is 0. The average molecular weight is 601 g/mol. The van der Waals surface area contributed by atoms with Gasteiger partial charge in [-0.15, -0.1) is 0 Å². The lowest BCUT2D eigenvalue weighted by Crippen LogP contribution is -1.95. The van der Waals surface area contributed by atoms with Crippen molar-refractivity contribution in [2.24, 2.45) is 0 Å². The first kappa shape index (κ1) is 27.0. The molecule has 3 nitrogen and oxygen atoms in total. The quantitative estimate of drug-likeness (QED) is 0.197. The average Bonchev–Trinajstić information content (AvgIpc) is 3.55. The van der Waals surface area contributed by atoms with Crippen LogP contribution >= 0.6 is 0 Å². The highest BCUT2D eigenvalue weighted by Gasteiger charge is 2.18. The molecule has 0 aliphatic rings. The van der Waals surface area contributed by atoms with E-state index in [-0.39, 0.29) is 0 Å². The highest BCUT2D eigenvalue weighted by atomic mass is 16.3. The number of benzene rings is 7. The minimum atomic E-state index is 0.710. The molecule has 47 heavy (non-hydrogen) atoms. The summed E-state index contributed by atoms with van der Waals surface area (Å²) in [6.45, 7) is 0. The van der Waals surface area contributed by atoms with Gasteiger partial charge in [0, 0.05) is 32.8 Å². The van der Waals surface area contributed by atoms with E-state index in [2.05, 4.69) is 133 Å². The summed E-state index contributed by atoms with van der Waals surface area (Å²) in [5.41, 5.74) is 11.3. The van der Waals surface area contributed by atoms with Gasteiger partial charge in [-0.2, -0.15) is 0 Å². The molecule has 2 aromatic heterocycles. The summed E-state index contributed by atoms with van der Waals surface area (Å²) in [6.07, 6.45) is 0. The van der Waals surface area contributed by atoms with Crippen molar-refractivity contribution >= 4 is 32.7 Å². The molecule has 220 valence electrons. The Balaban J connectivity index is 1.19. The fourth-order valence-corrected chi connectivity index (χ4v) is 6.63. The van der Waals surface area contributed by atoms with Crippen molar-refractivity contribution in [2.75, 3.05) is 0 Å². The Bertz CT molecular complexity index is 2480. The second-order valence-corrected chi connectivity index (χ2v) is 11.8. The largest absolute Gasteiger partial charge is 0.455 e. The van der Waals surface area contributed by atoms with Gasteiger partial charge in [0.05, 0.1) is 11.4 Å². The number of rotatable bonds is 5. The lowest BCUT2D eigenvalue weighted by molar-refractivity contribution is 0.673. The van der Waals surface area contributed by atoms with Crippen molar-refractivity contribution in [3.05, 3.63) is 170 Å². The summed E-state index contributed by atoms with van der Waals surface area (Å²) in [5, 5.41) is 4.55. The van der Waals surface area contributed by atoms with Gasteiger partial charge in [-0.05, 0) is 45.8 Å². The Morgan fingerprint density at radius 2 is 0.894 bits per heavy atom. The number of nitrogens with zero attached hydrogens (tertiary/aromatic N) is 2. The Kier molecular flexibility index (Phi) is 6.46. The zero-order chi connectivity index (χ0) is 31.2. The van der Waals surface area contributed by atoms with Crippen molar-refractivity contribution in [3.63, 3.8) is 0 Å². The third-order valence-corrected chi connectivity index (χ3v) is 8.91. The minimum absolute atomic E-state index is 0.710. The van der Waals surface area contributed by atoms with E-state index in [0.29, 0.717) is 5.82 Å². The molecule has 0 spiro atoms. The SMILES string of the molecule is c1ccc(-c2cc(-c3ccc(-c4cccc5oc6c7ccccc7c(-c7ccccc7)cc6c45)cc3)nc(-c3ccccc3)n2)cc1. The van der Waals surface area contributed by atoms with Gasteiger partial charge >= 0.3 is 0 Å². The molecule has 0 atom stereocenters. The molecular weight excluding hydrogens is 572 g/mol. The maximum absolute atomic E-state index is 6.61. The Morgan fingerprint density at radius 3 is 1.57 bits per heavy atom. The molecule has 0 bridgehead atoms. The summed E-state index contributed by atoms with van der Waals surface area (Å²) in [5.74, 6) is 0.710. The molecule has 0 fully saturated rings. The van der Waals surface area contributed by atoms with Gasteiger partial charge in [0.1, 0.15) is 11.2 Å². The van der Waals surface area contributed by atoms with Gasteiger partial charge in [-0.25, -0.2) is 9.97 Å². The topological polar surface area (TPSA) is 38.9 Å². The molecule has 0 unspecified atom stereocenters. The number of fused-ring (bicyclic) bond motifs is 5. The van der Waals surface area contributed by atoms with Crippen molar-refractivity contribution in [1.29, 1.82) is 0 Å². The molecule has 0 amide bonds. The monoisotopic (exact) mass is 600 g/mol. The zero-order valence-electron chi connectivity index (χ0n) is 25.5. The number of hydrogen-bond donors (Lipinski definition) is 0. The predicted molar refractivity (Wildman–Crippen MR) is 194 cm³/mol. The van der Waals surface area contributed by atoms with Gasteiger partial charge in [-0.1, -0.05) is 152 Å². The molecule has 9 aromatic rings. The first-order valence-electron chi connectivity index (χ1n) is 15.8. The third kappa shape index (κ3) is 4.77. The summed E-state index contributed by atoms with van der Waals surface area (Å²) in [6, 6.07) is 59.0. The second-order valence-electron chi connectivity index (χ2n) is 11.8. The zero-order valence-corrected chi connectivity index (χ0v) is 25.5. The van der Waals surface area contributed by atoms with Gasteiger partial charge in [0.25, 0.3) is 0 Å². The van der Waals surface area contributed by atoms with Gasteiger partial charge < -0.3 is 4.42 Å². The predicted octanol–water partition coefficient (Wildman–Crippen LogP) is 11.9. The van der Waals surface area contributed by atoms with Gasteiger partial charge in [0.15, 0.2) is 5.82 Å². The number of furan rings is 1. The van der Waals surface area contributed by atoms with E-state index in [0.717, 1.165) is 66.5 Å². The first-order valence-corrected chi connectivity index (χ1v) is 15.8. The van der Waals surface area contributed by atoms with Crippen LogP contribution in [-0.4, -0.2) is 9.97 Å². The van der Waals surface area contributed by atoms with Crippen LogP contribution in [0.1, 0.15) is 0 Å². The number of hydrogen-bond acceptors (Lipinski definition) is 3. The van der Waals surface area contributed by atoms with E-state index in [9.17, 15) is 0 Å². The molecular formula is C44H28N2O. The fourth-order valence-electron chi connectivity index (χ4n) is 6.63. The van der Waals surface area contributed by atoms with E-state index >= 15 is 0 Å². The second kappa shape index (κ2) is 11.2. The molecule has 2 heterocycles. The van der Waals surface area contributed by atoms with Crippen LogP contribution in [0.5, 0.6) is 0 Å². The smallest absolute Gasteiger partial charge is 0.160 e. The van der Waals surface area contributed by atoms with E-state index in [1.165, 1.54) is 16.5 Å².